The summed E-state index contributed by atoms with van der Waals surface area (Å²) in [5.74, 6) is 0.802. The first-order valence-electron chi connectivity index (χ1n) is 20.3. The monoisotopic (exact) mass is 921 g/mol. The summed E-state index contributed by atoms with van der Waals surface area (Å²) in [5.41, 5.74) is 11.3. The Morgan fingerprint density at radius 1 is 0.614 bits per heavy atom. The average molecular weight is 922 g/mol. The summed E-state index contributed by atoms with van der Waals surface area (Å²) >= 11 is 0. The second-order valence-electron chi connectivity index (χ2n) is 14.3. The number of rotatable bonds is 7. The van der Waals surface area contributed by atoms with Crippen molar-refractivity contribution in [2.75, 3.05) is 17.1 Å². The zero-order valence-corrected chi connectivity index (χ0v) is 33.6. The van der Waals surface area contributed by atoms with Crippen molar-refractivity contribution in [3.8, 4) is 16.9 Å². The Morgan fingerprint density at radius 3 is 2.00 bits per heavy atom. The third-order valence-electron chi connectivity index (χ3n) is 11.1. The summed E-state index contributed by atoms with van der Waals surface area (Å²) in [6.45, 7) is 1.83. The molecule has 0 spiro atoms. The summed E-state index contributed by atoms with van der Waals surface area (Å²) in [4.78, 5) is 9.65. The van der Waals surface area contributed by atoms with E-state index in [1.165, 1.54) is 16.7 Å². The number of fused-ring (bicyclic) bond motifs is 4. The molecular formula is C51H39N4OPt-. The molecule has 0 saturated heterocycles. The Kier molecular flexibility index (Phi) is 8.48. The summed E-state index contributed by atoms with van der Waals surface area (Å²) in [6.07, 6.45) is 1.90. The second kappa shape index (κ2) is 14.7. The van der Waals surface area contributed by atoms with Gasteiger partial charge in [0.05, 0.1) is 11.1 Å². The van der Waals surface area contributed by atoms with Gasteiger partial charge in [0, 0.05) is 43.9 Å². The van der Waals surface area contributed by atoms with E-state index in [4.69, 9.17) is 9.10 Å². The molecule has 0 unspecified atom stereocenters. The van der Waals surface area contributed by atoms with E-state index in [0.717, 1.165) is 60.5 Å². The van der Waals surface area contributed by atoms with E-state index in [1.807, 2.05) is 48.7 Å². The topological polar surface area (TPSA) is 37.1 Å². The van der Waals surface area contributed by atoms with Crippen molar-refractivity contribution < 1.29 is 30.1 Å². The number of aryl methyl sites for hydroxylation is 2. The van der Waals surface area contributed by atoms with Crippen LogP contribution in [0.3, 0.4) is 0 Å². The molecule has 7 aromatic carbocycles. The average Bonchev–Trinajstić information content (AvgIpc) is 3.82. The minimum absolute atomic E-state index is 0. The van der Waals surface area contributed by atoms with Crippen LogP contribution in [0.1, 0.15) is 37.5 Å². The molecule has 5 nitrogen and oxygen atoms in total. The molecule has 1 aliphatic heterocycles. The maximum absolute atomic E-state index is 8.27. The zero-order valence-electron chi connectivity index (χ0n) is 34.3. The predicted octanol–water partition coefficient (Wildman–Crippen LogP) is 11.9. The molecule has 0 saturated carbocycles. The number of hydrogen-bond acceptors (Lipinski definition) is 3. The van der Waals surface area contributed by atoms with Gasteiger partial charge in [-0.05, 0) is 82.9 Å². The van der Waals surface area contributed by atoms with Gasteiger partial charge in [-0.15, -0.1) is 38.8 Å². The third-order valence-corrected chi connectivity index (χ3v) is 11.1. The zero-order chi connectivity index (χ0) is 40.3. The molecule has 0 atom stereocenters. The number of nitrogens with zero attached hydrogens (tertiary/aromatic N) is 4. The number of hydrogen-bond donors (Lipinski definition) is 0. The molecule has 280 valence electrons. The van der Waals surface area contributed by atoms with Crippen molar-refractivity contribution in [1.82, 2.24) is 9.55 Å². The normalized spacial score (nSPS) is 13.5. The molecule has 0 fully saturated rings. The van der Waals surface area contributed by atoms with E-state index in [0.29, 0.717) is 17.1 Å². The summed E-state index contributed by atoms with van der Waals surface area (Å²) in [5, 5.41) is 4.95. The molecule has 3 heterocycles. The number of pyridine rings is 1. The van der Waals surface area contributed by atoms with Crippen molar-refractivity contribution in [1.29, 1.82) is 0 Å². The Morgan fingerprint density at radius 2 is 1.26 bits per heavy atom. The fraction of sp³-hybridized carbons (Fsp3) is 0.0784. The number of hydroxylamine groups is 1. The van der Waals surface area contributed by atoms with Gasteiger partial charge in [0.2, 0.25) is 0 Å². The van der Waals surface area contributed by atoms with Gasteiger partial charge in [0.25, 0.3) is 0 Å². The number of aromatic nitrogens is 2. The molecule has 57 heavy (non-hydrogen) atoms. The standard InChI is InChI=1S/C51H38N4O.Pt/c1-35-16-14-17-36(2)50(35)37-30-31-52-49(32-37)54-45-25-11-10-24-43(45)44-29-28-41(34-48(44)54)51(38-18-6-4-7-19-38,39-20-8-5-9-21-39)40-22-15-23-42(33-40)55-47-27-13-12-26-46(47)53(3)56-55;/h4-32H,1-3H3;/q-2;/p+1/i3D3;. The van der Waals surface area contributed by atoms with Gasteiger partial charge >= 0.3 is 0 Å². The molecule has 6 heteroatoms. The first-order chi connectivity index (χ1) is 28.7. The van der Waals surface area contributed by atoms with Gasteiger partial charge < -0.3 is 4.57 Å². The van der Waals surface area contributed by atoms with Crippen LogP contribution in [0.2, 0.25) is 0 Å². The van der Waals surface area contributed by atoms with Crippen molar-refractivity contribution in [2.24, 2.45) is 0 Å². The van der Waals surface area contributed by atoms with Crippen LogP contribution in [0.4, 0.5) is 17.1 Å². The van der Waals surface area contributed by atoms with Crippen LogP contribution >= 0.6 is 0 Å². The minimum atomic E-state index is -2.48. The molecule has 2 aromatic heterocycles. The van der Waals surface area contributed by atoms with Crippen LogP contribution in [-0.2, 0) is 26.5 Å². The Hall–Kier alpha value is -6.26. The van der Waals surface area contributed by atoms with Crippen LogP contribution in [-0.4, -0.2) is 21.5 Å². The summed E-state index contributed by atoms with van der Waals surface area (Å²) in [7, 11) is 0. The molecular weight excluding hydrogens is 880 g/mol. The van der Waals surface area contributed by atoms with Crippen molar-refractivity contribution in [3.05, 3.63) is 222 Å². The maximum Gasteiger partial charge on any atom is 0.145 e. The summed E-state index contributed by atoms with van der Waals surface area (Å²) < 4.78 is 27.0. The van der Waals surface area contributed by atoms with Crippen LogP contribution in [0.25, 0.3) is 38.8 Å². The molecule has 10 rings (SSSR count). The fourth-order valence-corrected chi connectivity index (χ4v) is 8.61. The molecule has 1 aliphatic rings. The van der Waals surface area contributed by atoms with Gasteiger partial charge in [-0.25, -0.2) is 4.98 Å². The molecule has 1 N–H and O–H groups in total. The number of benzene rings is 7. The van der Waals surface area contributed by atoms with Crippen molar-refractivity contribution in [2.45, 2.75) is 19.3 Å². The van der Waals surface area contributed by atoms with E-state index < -0.39 is 12.4 Å². The molecule has 0 bridgehead atoms. The second-order valence-corrected chi connectivity index (χ2v) is 14.3. The van der Waals surface area contributed by atoms with E-state index in [2.05, 4.69) is 157 Å². The Labute approximate surface area is 351 Å². The quantitative estimate of drug-likeness (QED) is 0.0908. The largest absolute Gasteiger partial charge is 0.319 e. The van der Waals surface area contributed by atoms with Crippen molar-refractivity contribution in [3.63, 3.8) is 0 Å². The molecule has 9 aromatic rings. The van der Waals surface area contributed by atoms with Gasteiger partial charge in [-0.3, -0.25) is 0 Å². The van der Waals surface area contributed by atoms with Gasteiger partial charge in [0.1, 0.15) is 17.2 Å². The van der Waals surface area contributed by atoms with E-state index in [9.17, 15) is 0 Å². The number of anilines is 3. The van der Waals surface area contributed by atoms with E-state index in [-0.39, 0.29) is 21.1 Å². The summed E-state index contributed by atoms with van der Waals surface area (Å²) in [6, 6.07) is 65.7. The van der Waals surface area contributed by atoms with Crippen LogP contribution < -0.4 is 10.1 Å². The molecule has 0 amide bonds. The minimum Gasteiger partial charge on any atom is -0.319 e. The van der Waals surface area contributed by atoms with Crippen LogP contribution in [0, 0.1) is 26.0 Å². The maximum atomic E-state index is 8.27. The van der Waals surface area contributed by atoms with Gasteiger partial charge in [-0.2, -0.15) is 35.3 Å². The Balaban J connectivity index is 0.00000462. The fourth-order valence-electron chi connectivity index (χ4n) is 8.61. The van der Waals surface area contributed by atoms with Crippen LogP contribution in [0.5, 0.6) is 0 Å². The molecule has 0 aliphatic carbocycles. The smallest absolute Gasteiger partial charge is 0.145 e. The number of para-hydroxylation sites is 3. The van der Waals surface area contributed by atoms with E-state index >= 15 is 0 Å². The first-order valence-corrected chi connectivity index (χ1v) is 18.8. The first kappa shape index (κ1) is 32.9. The van der Waals surface area contributed by atoms with Crippen LogP contribution in [0.15, 0.2) is 176 Å². The van der Waals surface area contributed by atoms with Gasteiger partial charge in [-0.1, -0.05) is 115 Å². The molecule has 0 radical (unpaired) electrons. The van der Waals surface area contributed by atoms with E-state index in [1.54, 1.807) is 11.1 Å². The van der Waals surface area contributed by atoms with Crippen molar-refractivity contribution >= 4 is 38.9 Å². The third kappa shape index (κ3) is 5.89. The SMILES string of the molecule is [2H]C([2H])([2H])N1[OH+]N(c2[c-]c(C(c3[c-]c4c(cc3)c3ccccc3n4-c3cc(-c4c(C)cccc4C)ccn3)(c3ccccc3)c3ccccc3)ccc2)c2ccccc21.[Pt]. The Bertz CT molecular complexity index is 2960. The predicted molar refractivity (Wildman–Crippen MR) is 228 cm³/mol. The van der Waals surface area contributed by atoms with Gasteiger partial charge in [0.15, 0.2) is 0 Å².